The van der Waals surface area contributed by atoms with Crippen LogP contribution in [0.4, 0.5) is 0 Å². The van der Waals surface area contributed by atoms with Crippen molar-refractivity contribution in [3.8, 4) is 0 Å². The molecule has 30 heavy (non-hydrogen) atoms. The lowest BCUT2D eigenvalue weighted by molar-refractivity contribution is -0.150. The molecule has 0 heterocycles. The molecule has 4 aliphatic carbocycles. The van der Waals surface area contributed by atoms with Crippen LogP contribution in [0.5, 0.6) is 0 Å². The highest BCUT2D eigenvalue weighted by Crippen LogP contribution is 2.70. The van der Waals surface area contributed by atoms with Crippen LogP contribution in [0.3, 0.4) is 0 Å². The molecule has 4 fully saturated rings. The van der Waals surface area contributed by atoms with Crippen molar-refractivity contribution in [2.75, 3.05) is 0 Å². The molecule has 0 nitrogen and oxygen atoms in total. The van der Waals surface area contributed by atoms with Crippen LogP contribution < -0.4 is 0 Å². The Kier molecular flexibility index (Phi) is 6.25. The van der Waals surface area contributed by atoms with Crippen molar-refractivity contribution >= 4 is 0 Å². The summed E-state index contributed by atoms with van der Waals surface area (Å²) in [5.41, 5.74) is 1.88. The third-order valence-electron chi connectivity index (χ3n) is 11.8. The monoisotopic (exact) mass is 414 g/mol. The minimum absolute atomic E-state index is 0.587. The Morgan fingerprint density at radius 1 is 0.800 bits per heavy atom. The lowest BCUT2D eigenvalue weighted by Gasteiger charge is -2.64. The maximum absolute atomic E-state index is 2.76. The molecule has 9 atom stereocenters. The van der Waals surface area contributed by atoms with E-state index in [2.05, 4.69) is 55.4 Å². The van der Waals surface area contributed by atoms with E-state index >= 15 is 0 Å². The molecule has 4 rings (SSSR count). The quantitative estimate of drug-likeness (QED) is 0.420. The number of fused-ring (bicyclic) bond motifs is 5. The molecule has 4 saturated carbocycles. The Bertz CT molecular complexity index is 601. The average molecular weight is 415 g/mol. The van der Waals surface area contributed by atoms with E-state index in [9.17, 15) is 0 Å². The molecule has 0 heteroatoms. The Hall–Kier alpha value is 0. The second-order valence-corrected chi connectivity index (χ2v) is 14.6. The summed E-state index contributed by atoms with van der Waals surface area (Å²) in [5, 5.41) is 0. The first-order valence-electron chi connectivity index (χ1n) is 14.0. The lowest BCUT2D eigenvalue weighted by atomic mass is 9.41. The van der Waals surface area contributed by atoms with Crippen molar-refractivity contribution < 1.29 is 0 Å². The summed E-state index contributed by atoms with van der Waals surface area (Å²) in [4.78, 5) is 0. The van der Waals surface area contributed by atoms with Crippen molar-refractivity contribution in [2.45, 2.75) is 126 Å². The second-order valence-electron chi connectivity index (χ2n) is 14.6. The minimum atomic E-state index is 0.587. The molecular formula is C30H54. The van der Waals surface area contributed by atoms with Gasteiger partial charge in [-0.3, -0.25) is 0 Å². The van der Waals surface area contributed by atoms with Gasteiger partial charge in [-0.2, -0.15) is 0 Å². The van der Waals surface area contributed by atoms with Crippen LogP contribution in [-0.4, -0.2) is 0 Å². The Labute approximate surface area is 189 Å². The van der Waals surface area contributed by atoms with Crippen LogP contribution in [0.2, 0.25) is 0 Å². The maximum atomic E-state index is 2.76. The van der Waals surface area contributed by atoms with Gasteiger partial charge in [0.1, 0.15) is 0 Å². The van der Waals surface area contributed by atoms with Gasteiger partial charge in [0.05, 0.1) is 0 Å². The van der Waals surface area contributed by atoms with E-state index < -0.39 is 0 Å². The molecule has 0 saturated heterocycles. The molecular weight excluding hydrogens is 360 g/mol. The minimum Gasteiger partial charge on any atom is -0.0628 e. The normalized spacial score (nSPS) is 48.7. The number of rotatable bonds is 5. The zero-order chi connectivity index (χ0) is 21.9. The largest absolute Gasteiger partial charge is 0.0628 e. The van der Waals surface area contributed by atoms with Crippen molar-refractivity contribution in [1.82, 2.24) is 0 Å². The third kappa shape index (κ3) is 3.83. The second kappa shape index (κ2) is 8.09. The van der Waals surface area contributed by atoms with Gasteiger partial charge >= 0.3 is 0 Å². The molecule has 0 N–H and O–H groups in total. The van der Waals surface area contributed by atoms with Gasteiger partial charge in [-0.15, -0.1) is 0 Å². The van der Waals surface area contributed by atoms with Gasteiger partial charge in [0.15, 0.2) is 0 Å². The number of hydrogen-bond acceptors (Lipinski definition) is 0. The van der Waals surface area contributed by atoms with E-state index in [0.717, 1.165) is 47.3 Å². The summed E-state index contributed by atoms with van der Waals surface area (Å²) in [6.45, 7) is 20.7. The van der Waals surface area contributed by atoms with Crippen LogP contribution in [0, 0.1) is 63.6 Å². The maximum Gasteiger partial charge on any atom is -0.0264 e. The molecule has 0 aromatic carbocycles. The summed E-state index contributed by atoms with van der Waals surface area (Å²) in [6.07, 6.45) is 16.5. The van der Waals surface area contributed by atoms with Crippen LogP contribution in [0.1, 0.15) is 126 Å². The fourth-order valence-corrected chi connectivity index (χ4v) is 10.0. The van der Waals surface area contributed by atoms with Gasteiger partial charge in [0.2, 0.25) is 0 Å². The summed E-state index contributed by atoms with van der Waals surface area (Å²) >= 11 is 0. The van der Waals surface area contributed by atoms with E-state index in [0.29, 0.717) is 16.2 Å². The zero-order valence-corrected chi connectivity index (χ0v) is 21.9. The van der Waals surface area contributed by atoms with Gasteiger partial charge < -0.3 is 0 Å². The molecule has 0 aromatic rings. The summed E-state index contributed by atoms with van der Waals surface area (Å²) in [7, 11) is 0. The Balaban J connectivity index is 1.51. The van der Waals surface area contributed by atoms with E-state index in [1.165, 1.54) is 57.8 Å². The van der Waals surface area contributed by atoms with Crippen molar-refractivity contribution in [1.29, 1.82) is 0 Å². The van der Waals surface area contributed by atoms with Crippen LogP contribution >= 0.6 is 0 Å². The fraction of sp³-hybridized carbons (Fsp3) is 1.00. The first kappa shape index (κ1) is 23.2. The first-order chi connectivity index (χ1) is 14.0. The van der Waals surface area contributed by atoms with Crippen molar-refractivity contribution in [2.24, 2.45) is 63.6 Å². The van der Waals surface area contributed by atoms with Crippen LogP contribution in [-0.2, 0) is 0 Å². The lowest BCUT2D eigenvalue weighted by Crippen LogP contribution is -2.56. The van der Waals surface area contributed by atoms with Crippen LogP contribution in [0.15, 0.2) is 0 Å². The molecule has 0 aliphatic heterocycles. The van der Waals surface area contributed by atoms with E-state index in [-0.39, 0.29) is 0 Å². The summed E-state index contributed by atoms with van der Waals surface area (Å²) < 4.78 is 0. The fourth-order valence-electron chi connectivity index (χ4n) is 10.0. The Morgan fingerprint density at radius 2 is 1.50 bits per heavy atom. The van der Waals surface area contributed by atoms with E-state index in [4.69, 9.17) is 0 Å². The molecule has 0 bridgehead atoms. The van der Waals surface area contributed by atoms with Crippen molar-refractivity contribution in [3.05, 3.63) is 0 Å². The molecule has 0 radical (unpaired) electrons. The van der Waals surface area contributed by atoms with Gasteiger partial charge in [-0.1, -0.05) is 74.7 Å². The first-order valence-corrected chi connectivity index (χ1v) is 14.0. The third-order valence-corrected chi connectivity index (χ3v) is 11.8. The highest BCUT2D eigenvalue weighted by atomic mass is 14.7. The SMILES string of the molecule is CC(C)CCCC(C)C1CCC2C3C(C)CC4CC(C)(C)CCC4(C)C3CCC12C. The number of hydrogen-bond donors (Lipinski definition) is 0. The van der Waals surface area contributed by atoms with Crippen LogP contribution in [0.25, 0.3) is 0 Å². The topological polar surface area (TPSA) is 0 Å². The molecule has 174 valence electrons. The summed E-state index contributed by atoms with van der Waals surface area (Å²) in [5.74, 6) is 7.84. The van der Waals surface area contributed by atoms with Crippen molar-refractivity contribution in [3.63, 3.8) is 0 Å². The van der Waals surface area contributed by atoms with Gasteiger partial charge in [0, 0.05) is 0 Å². The highest BCUT2D eigenvalue weighted by molar-refractivity contribution is 5.11. The molecule has 4 aliphatic rings. The van der Waals surface area contributed by atoms with Gasteiger partial charge in [-0.25, -0.2) is 0 Å². The highest BCUT2D eigenvalue weighted by Gasteiger charge is 2.62. The van der Waals surface area contributed by atoms with Gasteiger partial charge in [0.25, 0.3) is 0 Å². The molecule has 0 aromatic heterocycles. The van der Waals surface area contributed by atoms with E-state index in [1.54, 1.807) is 12.8 Å². The van der Waals surface area contributed by atoms with E-state index in [1.807, 2.05) is 0 Å². The molecule has 0 amide bonds. The Morgan fingerprint density at radius 3 is 2.20 bits per heavy atom. The summed E-state index contributed by atoms with van der Waals surface area (Å²) in [6, 6.07) is 0. The molecule has 0 spiro atoms. The average Bonchev–Trinajstić information content (AvgIpc) is 3.00. The predicted molar refractivity (Wildman–Crippen MR) is 131 cm³/mol. The zero-order valence-electron chi connectivity index (χ0n) is 21.9. The predicted octanol–water partition coefficient (Wildman–Crippen LogP) is 9.38. The van der Waals surface area contributed by atoms with Gasteiger partial charge in [-0.05, 0) is 115 Å². The standard InChI is InChI=1S/C30H54/c1-20(2)10-9-11-21(3)24-12-13-25-27-22(4)18-23-19-28(5,6)16-17-29(23,7)26(27)14-15-30(24,25)8/h20-27H,9-19H2,1-8H3. The molecule has 9 unspecified atom stereocenters. The smallest absolute Gasteiger partial charge is 0.0264 e.